The fourth-order valence-corrected chi connectivity index (χ4v) is 4.09. The van der Waals surface area contributed by atoms with Crippen LogP contribution in [-0.2, 0) is 4.79 Å². The minimum absolute atomic E-state index is 0.145. The van der Waals surface area contributed by atoms with Crippen molar-refractivity contribution < 1.29 is 9.53 Å². The number of hydrogen-bond acceptors (Lipinski definition) is 5. The number of halogens is 1. The van der Waals surface area contributed by atoms with E-state index >= 15 is 0 Å². The van der Waals surface area contributed by atoms with Crippen molar-refractivity contribution in [1.29, 1.82) is 0 Å². The van der Waals surface area contributed by atoms with Crippen molar-refractivity contribution in [2.45, 2.75) is 13.3 Å². The number of anilines is 1. The Hall–Kier alpha value is -1.76. The molecule has 0 aliphatic carbocycles. The first-order chi connectivity index (χ1) is 12.1. The zero-order chi connectivity index (χ0) is 17.8. The Morgan fingerprint density at radius 3 is 2.88 bits per heavy atom. The summed E-state index contributed by atoms with van der Waals surface area (Å²) in [6.07, 6.45) is 2.82. The van der Waals surface area contributed by atoms with Gasteiger partial charge in [-0.25, -0.2) is 4.99 Å². The molecule has 0 saturated heterocycles. The number of amidine groups is 1. The molecule has 0 bridgehead atoms. The van der Waals surface area contributed by atoms with E-state index in [0.29, 0.717) is 27.3 Å². The summed E-state index contributed by atoms with van der Waals surface area (Å²) in [7, 11) is 1.56. The van der Waals surface area contributed by atoms with Crippen LogP contribution in [0, 0.1) is 0 Å². The third kappa shape index (κ3) is 3.92. The Labute approximate surface area is 160 Å². The van der Waals surface area contributed by atoms with E-state index in [-0.39, 0.29) is 5.91 Å². The molecule has 1 aliphatic rings. The van der Waals surface area contributed by atoms with Gasteiger partial charge in [-0.15, -0.1) is 11.3 Å². The van der Waals surface area contributed by atoms with Crippen LogP contribution in [-0.4, -0.2) is 23.9 Å². The number of methoxy groups -OCH3 is 1. The Morgan fingerprint density at radius 1 is 1.40 bits per heavy atom. The summed E-state index contributed by atoms with van der Waals surface area (Å²) < 4.78 is 5.19. The molecule has 1 aromatic carbocycles. The number of nitrogens with zero attached hydrogens (tertiary/aromatic N) is 2. The van der Waals surface area contributed by atoms with Crippen LogP contribution in [0.3, 0.4) is 0 Å². The van der Waals surface area contributed by atoms with E-state index in [0.717, 1.165) is 17.1 Å². The summed E-state index contributed by atoms with van der Waals surface area (Å²) >= 11 is 9.38. The third-order valence-corrected chi connectivity index (χ3v) is 5.74. The van der Waals surface area contributed by atoms with Crippen molar-refractivity contribution in [3.63, 3.8) is 0 Å². The molecule has 1 aromatic heterocycles. The zero-order valence-electron chi connectivity index (χ0n) is 13.9. The van der Waals surface area contributed by atoms with Crippen molar-refractivity contribution in [1.82, 2.24) is 0 Å². The van der Waals surface area contributed by atoms with Gasteiger partial charge in [-0.3, -0.25) is 9.69 Å². The maximum atomic E-state index is 12.9. The Balaban J connectivity index is 1.97. The van der Waals surface area contributed by atoms with Crippen LogP contribution in [0.15, 0.2) is 46.4 Å². The Kier molecular flexibility index (Phi) is 5.83. The van der Waals surface area contributed by atoms with E-state index in [1.807, 2.05) is 29.7 Å². The van der Waals surface area contributed by atoms with Crippen molar-refractivity contribution in [3.8, 4) is 5.75 Å². The number of carbonyl (C=O) groups excluding carboxylic acids is 1. The number of ether oxygens (including phenoxy) is 1. The molecule has 25 heavy (non-hydrogen) atoms. The van der Waals surface area contributed by atoms with E-state index in [9.17, 15) is 4.79 Å². The number of hydrogen-bond donors (Lipinski definition) is 0. The van der Waals surface area contributed by atoms with Crippen molar-refractivity contribution in [2.24, 2.45) is 4.99 Å². The highest BCUT2D eigenvalue weighted by Crippen LogP contribution is 2.34. The van der Waals surface area contributed by atoms with E-state index in [4.69, 9.17) is 16.3 Å². The minimum Gasteiger partial charge on any atom is -0.495 e. The first kappa shape index (κ1) is 18.0. The van der Waals surface area contributed by atoms with Crippen LogP contribution in [0.4, 0.5) is 5.69 Å². The van der Waals surface area contributed by atoms with E-state index in [1.165, 1.54) is 0 Å². The average Bonchev–Trinajstić information content (AvgIpc) is 3.22. The van der Waals surface area contributed by atoms with Gasteiger partial charge in [0.1, 0.15) is 11.4 Å². The van der Waals surface area contributed by atoms with Crippen LogP contribution < -0.4 is 9.64 Å². The average molecular weight is 393 g/mol. The summed E-state index contributed by atoms with van der Waals surface area (Å²) in [6, 6.07) is 9.22. The van der Waals surface area contributed by atoms with E-state index < -0.39 is 0 Å². The maximum absolute atomic E-state index is 12.9. The molecule has 130 valence electrons. The molecule has 3 rings (SSSR count). The lowest BCUT2D eigenvalue weighted by Crippen LogP contribution is -2.30. The molecule has 0 unspecified atom stereocenters. The minimum atomic E-state index is -0.145. The molecule has 0 spiro atoms. The van der Waals surface area contributed by atoms with Gasteiger partial charge < -0.3 is 4.74 Å². The molecule has 4 nitrogen and oxygen atoms in total. The highest BCUT2D eigenvalue weighted by atomic mass is 35.5. The molecule has 2 heterocycles. The molecule has 0 saturated carbocycles. The number of benzene rings is 1. The first-order valence-electron chi connectivity index (χ1n) is 7.78. The van der Waals surface area contributed by atoms with Gasteiger partial charge in [0.15, 0.2) is 5.17 Å². The predicted molar refractivity (Wildman–Crippen MR) is 108 cm³/mol. The summed E-state index contributed by atoms with van der Waals surface area (Å²) in [5.41, 5.74) is 1.13. The monoisotopic (exact) mass is 392 g/mol. The lowest BCUT2D eigenvalue weighted by atomic mass is 10.2. The van der Waals surface area contributed by atoms with Crippen molar-refractivity contribution in [2.75, 3.05) is 17.8 Å². The van der Waals surface area contributed by atoms with Gasteiger partial charge in [-0.1, -0.05) is 36.4 Å². The van der Waals surface area contributed by atoms with Gasteiger partial charge in [0, 0.05) is 10.6 Å². The standard InChI is InChI=1S/C18H17ClN2O2S2/c1-3-8-25-18-20-15(11-13-5-4-9-24-13)17(22)21(18)12-6-7-16(23-2)14(19)10-12/h4-7,9-11H,3,8H2,1-2H3/b15-11-. The fraction of sp³-hybridized carbons (Fsp3) is 0.222. The highest BCUT2D eigenvalue weighted by Gasteiger charge is 2.32. The van der Waals surface area contributed by atoms with Crippen molar-refractivity contribution in [3.05, 3.63) is 51.3 Å². The molecule has 2 aromatic rings. The Bertz CT molecular complexity index is 832. The summed E-state index contributed by atoms with van der Waals surface area (Å²) in [4.78, 5) is 20.1. The molecule has 1 aliphatic heterocycles. The smallest absolute Gasteiger partial charge is 0.283 e. The van der Waals surface area contributed by atoms with Gasteiger partial charge >= 0.3 is 0 Å². The predicted octanol–water partition coefficient (Wildman–Crippen LogP) is 5.30. The van der Waals surface area contributed by atoms with E-state index in [2.05, 4.69) is 11.9 Å². The number of amides is 1. The highest BCUT2D eigenvalue weighted by molar-refractivity contribution is 8.14. The zero-order valence-corrected chi connectivity index (χ0v) is 16.2. The van der Waals surface area contributed by atoms with Gasteiger partial charge in [0.2, 0.25) is 0 Å². The number of carbonyl (C=O) groups is 1. The lowest BCUT2D eigenvalue weighted by molar-refractivity contribution is -0.113. The SMILES string of the molecule is CCCSC1=N/C(=C\c2cccs2)C(=O)N1c1ccc(OC)c(Cl)c1. The number of rotatable bonds is 5. The second-order valence-electron chi connectivity index (χ2n) is 5.25. The largest absolute Gasteiger partial charge is 0.495 e. The van der Waals surface area contributed by atoms with Gasteiger partial charge in [-0.05, 0) is 42.1 Å². The molecule has 1 amide bonds. The third-order valence-electron chi connectivity index (χ3n) is 3.48. The molecule has 0 N–H and O–H groups in total. The number of aliphatic imine (C=N–C) groups is 1. The lowest BCUT2D eigenvalue weighted by Gasteiger charge is -2.18. The summed E-state index contributed by atoms with van der Waals surface area (Å²) in [6.45, 7) is 2.10. The molecule has 0 radical (unpaired) electrons. The number of thiophene rings is 1. The van der Waals surface area contributed by atoms with Crippen LogP contribution in [0.2, 0.25) is 5.02 Å². The van der Waals surface area contributed by atoms with Crippen LogP contribution in [0.1, 0.15) is 18.2 Å². The topological polar surface area (TPSA) is 41.9 Å². The van der Waals surface area contributed by atoms with E-state index in [1.54, 1.807) is 47.2 Å². The summed E-state index contributed by atoms with van der Waals surface area (Å²) in [5.74, 6) is 1.32. The van der Waals surface area contributed by atoms with Crippen LogP contribution in [0.25, 0.3) is 6.08 Å². The van der Waals surface area contributed by atoms with Crippen molar-refractivity contribution >= 4 is 57.5 Å². The van der Waals surface area contributed by atoms with Gasteiger partial charge in [0.05, 0.1) is 17.8 Å². The van der Waals surface area contributed by atoms with Gasteiger partial charge in [0.25, 0.3) is 5.91 Å². The normalized spacial score (nSPS) is 15.8. The summed E-state index contributed by atoms with van der Waals surface area (Å²) in [5, 5.41) is 3.11. The van der Waals surface area contributed by atoms with Crippen LogP contribution >= 0.6 is 34.7 Å². The quantitative estimate of drug-likeness (QED) is 0.648. The fourth-order valence-electron chi connectivity index (χ4n) is 2.32. The second-order valence-corrected chi connectivity index (χ2v) is 7.70. The second kappa shape index (κ2) is 8.08. The molecule has 0 atom stereocenters. The molecular weight excluding hydrogens is 376 g/mol. The molecule has 0 fully saturated rings. The number of thioether (sulfide) groups is 1. The Morgan fingerprint density at radius 2 is 2.24 bits per heavy atom. The first-order valence-corrected chi connectivity index (χ1v) is 10.0. The van der Waals surface area contributed by atoms with Gasteiger partial charge in [-0.2, -0.15) is 0 Å². The molecule has 7 heteroatoms. The van der Waals surface area contributed by atoms with Crippen LogP contribution in [0.5, 0.6) is 5.75 Å². The maximum Gasteiger partial charge on any atom is 0.283 e. The molecular formula is C18H17ClN2O2S2.